The van der Waals surface area contributed by atoms with Crippen molar-refractivity contribution in [2.75, 3.05) is 6.54 Å². The van der Waals surface area contributed by atoms with Crippen LogP contribution in [0.5, 0.6) is 0 Å². The number of halogens is 6. The summed E-state index contributed by atoms with van der Waals surface area (Å²) in [5, 5.41) is 1.65. The normalized spacial score (nSPS) is 15.6. The van der Waals surface area contributed by atoms with Gasteiger partial charge in [-0.1, -0.05) is 67.9 Å². The fourth-order valence-corrected chi connectivity index (χ4v) is 4.71. The zero-order valence-corrected chi connectivity index (χ0v) is 21.9. The highest BCUT2D eigenvalue weighted by Gasteiger charge is 2.53. The van der Waals surface area contributed by atoms with Crippen LogP contribution in [0.15, 0.2) is 54.6 Å². The van der Waals surface area contributed by atoms with Crippen LogP contribution in [-0.2, 0) is 22.4 Å². The number of nitrogens with two attached hydrogens (primary N) is 2. The van der Waals surface area contributed by atoms with Gasteiger partial charge in [0.15, 0.2) is 0 Å². The summed E-state index contributed by atoms with van der Waals surface area (Å²) in [7, 11) is 0. The molecule has 11 heteroatoms. The van der Waals surface area contributed by atoms with Crippen LogP contribution in [-0.4, -0.2) is 42.4 Å². The van der Waals surface area contributed by atoms with Crippen molar-refractivity contribution in [3.8, 4) is 0 Å². The van der Waals surface area contributed by atoms with E-state index >= 15 is 0 Å². The molecule has 2 aromatic carbocycles. The fourth-order valence-electron chi connectivity index (χ4n) is 4.50. The van der Waals surface area contributed by atoms with Gasteiger partial charge in [0.05, 0.1) is 0 Å². The van der Waals surface area contributed by atoms with E-state index in [1.807, 2.05) is 18.2 Å². The molecular formula is C27H33ClF5N3O2. The van der Waals surface area contributed by atoms with E-state index in [1.165, 1.54) is 13.8 Å². The Kier molecular flexibility index (Phi) is 11.2. The van der Waals surface area contributed by atoms with Crippen LogP contribution < -0.4 is 16.8 Å². The van der Waals surface area contributed by atoms with Crippen molar-refractivity contribution >= 4 is 23.3 Å². The first-order valence-electron chi connectivity index (χ1n) is 12.2. The highest BCUT2D eigenvalue weighted by Crippen LogP contribution is 2.32. The van der Waals surface area contributed by atoms with Gasteiger partial charge >= 0.3 is 12.1 Å². The van der Waals surface area contributed by atoms with Crippen molar-refractivity contribution < 1.29 is 31.5 Å². The van der Waals surface area contributed by atoms with Gasteiger partial charge in [0, 0.05) is 23.0 Å². The minimum absolute atomic E-state index is 0.265. The number of rotatable bonds is 13. The summed E-state index contributed by atoms with van der Waals surface area (Å²) in [5.74, 6) is -11.8. The molecule has 0 heterocycles. The molecule has 4 atom stereocenters. The Morgan fingerprint density at radius 1 is 0.947 bits per heavy atom. The molecule has 1 amide bonds. The fraction of sp³-hybridized carbons (Fsp3) is 0.481. The smallest absolute Gasteiger partial charge is 0.341 e. The number of nitrogens with one attached hydrogen (secondary N) is 1. The molecule has 0 aromatic heterocycles. The Labute approximate surface area is 224 Å². The maximum absolute atomic E-state index is 14.8. The first-order chi connectivity index (χ1) is 17.6. The van der Waals surface area contributed by atoms with Crippen molar-refractivity contribution in [1.29, 1.82) is 0 Å². The summed E-state index contributed by atoms with van der Waals surface area (Å²) in [5.41, 5.74) is 14.7. The molecule has 0 aliphatic carbocycles. The Hall–Kier alpha value is -2.56. The van der Waals surface area contributed by atoms with Crippen LogP contribution in [0, 0.1) is 17.8 Å². The number of ketones is 1. The second-order valence-electron chi connectivity index (χ2n) is 9.77. The van der Waals surface area contributed by atoms with E-state index in [9.17, 15) is 31.5 Å². The zero-order chi connectivity index (χ0) is 28.7. The van der Waals surface area contributed by atoms with Gasteiger partial charge in [0.1, 0.15) is 6.54 Å². The molecular weight excluding hydrogens is 529 g/mol. The monoisotopic (exact) mass is 561 g/mol. The lowest BCUT2D eigenvalue weighted by Gasteiger charge is -2.37. The molecule has 2 aromatic rings. The van der Waals surface area contributed by atoms with E-state index in [2.05, 4.69) is 0 Å². The highest BCUT2D eigenvalue weighted by atomic mass is 35.5. The molecule has 210 valence electrons. The molecule has 0 aliphatic rings. The standard InChI is InChI=1S/C27H33ClF5N3O2/c1-16(2)22(24(37)27(32,33)25(38)36-15-26(29,30)31)23(35)20(14-17-7-4-3-5-8-17)21(34)12-11-18-9-6-10-19(28)13-18/h3-10,13,16,20-23H,11-12,14-15,34-35H2,1-2H3,(H,36,38)/t20-,21?,22-,23?/m0/s1. The topological polar surface area (TPSA) is 98.2 Å². The van der Waals surface area contributed by atoms with Gasteiger partial charge in [-0.15, -0.1) is 0 Å². The summed E-state index contributed by atoms with van der Waals surface area (Å²) in [6, 6.07) is 14.3. The third-order valence-corrected chi connectivity index (χ3v) is 6.73. The van der Waals surface area contributed by atoms with E-state index in [4.69, 9.17) is 23.1 Å². The second kappa shape index (κ2) is 13.5. The van der Waals surface area contributed by atoms with Crippen LogP contribution in [0.1, 0.15) is 31.4 Å². The van der Waals surface area contributed by atoms with Crippen molar-refractivity contribution in [2.24, 2.45) is 29.2 Å². The first-order valence-corrected chi connectivity index (χ1v) is 12.6. The molecule has 0 spiro atoms. The Morgan fingerprint density at radius 3 is 2.11 bits per heavy atom. The van der Waals surface area contributed by atoms with Gasteiger partial charge in [-0.3, -0.25) is 9.59 Å². The van der Waals surface area contributed by atoms with Gasteiger partial charge in [0.2, 0.25) is 5.78 Å². The van der Waals surface area contributed by atoms with Crippen molar-refractivity contribution in [3.63, 3.8) is 0 Å². The number of carbonyl (C=O) groups excluding carboxylic acids is 2. The highest BCUT2D eigenvalue weighted by molar-refractivity contribution is 6.30. The maximum atomic E-state index is 14.8. The molecule has 0 radical (unpaired) electrons. The number of amides is 1. The minimum Gasteiger partial charge on any atom is -0.341 e. The van der Waals surface area contributed by atoms with Crippen molar-refractivity contribution in [3.05, 3.63) is 70.7 Å². The van der Waals surface area contributed by atoms with Gasteiger partial charge in [-0.2, -0.15) is 22.0 Å². The van der Waals surface area contributed by atoms with E-state index in [-0.39, 0.29) is 6.42 Å². The summed E-state index contributed by atoms with van der Waals surface area (Å²) < 4.78 is 67.0. The molecule has 0 aliphatic heterocycles. The number of Topliss-reactive ketones (excluding diaryl/α,β-unsaturated/α-hetero) is 1. The van der Waals surface area contributed by atoms with Crippen LogP contribution in [0.25, 0.3) is 0 Å². The molecule has 5 N–H and O–H groups in total. The molecule has 38 heavy (non-hydrogen) atoms. The predicted octanol–water partition coefficient (Wildman–Crippen LogP) is 4.94. The average Bonchev–Trinajstić information content (AvgIpc) is 2.84. The molecule has 0 fully saturated rings. The van der Waals surface area contributed by atoms with Gasteiger partial charge < -0.3 is 16.8 Å². The lowest BCUT2D eigenvalue weighted by Crippen LogP contribution is -2.57. The molecule has 2 rings (SSSR count). The van der Waals surface area contributed by atoms with E-state index in [1.54, 1.807) is 36.4 Å². The van der Waals surface area contributed by atoms with Gasteiger partial charge in [-0.25, -0.2) is 0 Å². The number of alkyl halides is 5. The van der Waals surface area contributed by atoms with Gasteiger partial charge in [-0.05, 0) is 54.4 Å². The maximum Gasteiger partial charge on any atom is 0.405 e. The van der Waals surface area contributed by atoms with E-state index in [0.29, 0.717) is 17.9 Å². The van der Waals surface area contributed by atoms with Gasteiger partial charge in [0.25, 0.3) is 5.91 Å². The number of aryl methyl sites for hydroxylation is 1. The number of benzene rings is 2. The van der Waals surface area contributed by atoms with Crippen molar-refractivity contribution in [2.45, 2.75) is 57.3 Å². The molecule has 0 saturated heterocycles. The third-order valence-electron chi connectivity index (χ3n) is 6.49. The van der Waals surface area contributed by atoms with Crippen LogP contribution in [0.2, 0.25) is 5.02 Å². The molecule has 0 saturated carbocycles. The second-order valence-corrected chi connectivity index (χ2v) is 10.2. The molecule has 2 unspecified atom stereocenters. The van der Waals surface area contributed by atoms with Crippen molar-refractivity contribution in [1.82, 2.24) is 5.32 Å². The summed E-state index contributed by atoms with van der Waals surface area (Å²) >= 11 is 6.05. The summed E-state index contributed by atoms with van der Waals surface area (Å²) in [4.78, 5) is 24.9. The molecule has 0 bridgehead atoms. The zero-order valence-electron chi connectivity index (χ0n) is 21.2. The largest absolute Gasteiger partial charge is 0.405 e. The van der Waals surface area contributed by atoms with E-state index in [0.717, 1.165) is 16.4 Å². The van der Waals surface area contributed by atoms with Crippen LogP contribution in [0.3, 0.4) is 0 Å². The van der Waals surface area contributed by atoms with Crippen LogP contribution >= 0.6 is 11.6 Å². The third kappa shape index (κ3) is 9.03. The summed E-state index contributed by atoms with van der Waals surface area (Å²) in [6.45, 7) is 0.991. The quantitative estimate of drug-likeness (QED) is 0.238. The SMILES string of the molecule is CC(C)[C@H](C(=O)C(F)(F)C(=O)NCC(F)(F)F)C(N)[C@@H](Cc1ccccc1)C(N)CCc1cccc(Cl)c1. The van der Waals surface area contributed by atoms with Crippen LogP contribution in [0.4, 0.5) is 22.0 Å². The number of hydrogen-bond donors (Lipinski definition) is 3. The minimum atomic E-state index is -4.92. The lowest BCUT2D eigenvalue weighted by atomic mass is 9.72. The predicted molar refractivity (Wildman–Crippen MR) is 137 cm³/mol. The Morgan fingerprint density at radius 2 is 1.55 bits per heavy atom. The average molecular weight is 562 g/mol. The number of carbonyl (C=O) groups is 2. The molecule has 5 nitrogen and oxygen atoms in total. The Bertz CT molecular complexity index is 1070. The van der Waals surface area contributed by atoms with E-state index < -0.39 is 60.2 Å². The Balaban J connectivity index is 2.32. The number of hydrogen-bond acceptors (Lipinski definition) is 4. The summed E-state index contributed by atoms with van der Waals surface area (Å²) in [6.07, 6.45) is -3.75. The lowest BCUT2D eigenvalue weighted by molar-refractivity contribution is -0.167. The first kappa shape index (κ1) is 31.7.